The molecule has 206 valence electrons. The molecular formula is C32H37NO6. The molecule has 0 unspecified atom stereocenters. The summed E-state index contributed by atoms with van der Waals surface area (Å²) in [4.78, 5) is 15.9. The number of nitrogens with zero attached hydrogens (tertiary/aromatic N) is 1. The third-order valence-corrected chi connectivity index (χ3v) is 6.70. The molecule has 0 radical (unpaired) electrons. The number of phenols is 1. The zero-order chi connectivity index (χ0) is 28.2. The molecule has 0 atom stereocenters. The van der Waals surface area contributed by atoms with Gasteiger partial charge in [0.25, 0.3) is 0 Å². The lowest BCUT2D eigenvalue weighted by atomic mass is 10.1. The summed E-state index contributed by atoms with van der Waals surface area (Å²) in [6, 6.07) is 6.18. The van der Waals surface area contributed by atoms with Crippen molar-refractivity contribution in [2.45, 2.75) is 58.2 Å². The summed E-state index contributed by atoms with van der Waals surface area (Å²) in [5, 5.41) is 11.0. The van der Waals surface area contributed by atoms with Crippen LogP contribution in [0.1, 0.15) is 47.0 Å². The van der Waals surface area contributed by atoms with Crippen molar-refractivity contribution in [2.24, 2.45) is 0 Å². The number of fused-ring (bicyclic) bond motifs is 2. The second-order valence-electron chi connectivity index (χ2n) is 10.8. The summed E-state index contributed by atoms with van der Waals surface area (Å²) in [5.41, 5.74) is -1.68. The monoisotopic (exact) mass is 531 g/mol. The second kappa shape index (κ2) is 11.5. The van der Waals surface area contributed by atoms with Gasteiger partial charge >= 0.3 is 0 Å². The number of rotatable bonds is 10. The van der Waals surface area contributed by atoms with Crippen molar-refractivity contribution in [2.75, 3.05) is 26.2 Å². The molecule has 1 aromatic heterocycles. The highest BCUT2D eigenvalue weighted by molar-refractivity contribution is 5.96. The summed E-state index contributed by atoms with van der Waals surface area (Å²) in [6.45, 7) is 14.4. The van der Waals surface area contributed by atoms with Crippen LogP contribution in [0, 0.1) is 12.3 Å². The van der Waals surface area contributed by atoms with Crippen LogP contribution in [-0.4, -0.2) is 47.4 Å². The Labute approximate surface area is 229 Å². The van der Waals surface area contributed by atoms with Gasteiger partial charge in [0.05, 0.1) is 5.39 Å². The zero-order valence-corrected chi connectivity index (χ0v) is 23.2. The van der Waals surface area contributed by atoms with E-state index in [1.165, 1.54) is 25.3 Å². The molecule has 1 saturated heterocycles. The smallest absolute Gasteiger partial charge is 0.205 e. The van der Waals surface area contributed by atoms with Crippen LogP contribution in [-0.2, 0) is 0 Å². The van der Waals surface area contributed by atoms with Gasteiger partial charge in [0.15, 0.2) is 16.9 Å². The lowest BCUT2D eigenvalue weighted by Crippen LogP contribution is -2.29. The lowest BCUT2D eigenvalue weighted by Gasteiger charge is -2.25. The van der Waals surface area contributed by atoms with Gasteiger partial charge in [-0.15, -0.1) is 6.42 Å². The quantitative estimate of drug-likeness (QED) is 0.189. The average Bonchev–Trinajstić information content (AvgIpc) is 2.89. The van der Waals surface area contributed by atoms with Crippen molar-refractivity contribution in [3.63, 3.8) is 0 Å². The summed E-state index contributed by atoms with van der Waals surface area (Å²) >= 11 is 0. The van der Waals surface area contributed by atoms with Crippen LogP contribution >= 0.6 is 0 Å². The Bertz CT molecular complexity index is 1480. The number of hydrogen-bond donors (Lipinski definition) is 1. The molecule has 1 aliphatic heterocycles. The molecule has 4 rings (SSSR count). The van der Waals surface area contributed by atoms with Crippen LogP contribution in [0.3, 0.4) is 0 Å². The normalized spacial score (nSPS) is 14.9. The first-order chi connectivity index (χ1) is 18.5. The largest absolute Gasteiger partial charge is 0.507 e. The summed E-state index contributed by atoms with van der Waals surface area (Å²) in [5.74, 6) is 3.25. The first-order valence-electron chi connectivity index (χ1n) is 13.3. The van der Waals surface area contributed by atoms with Crippen LogP contribution in [0.2, 0.25) is 0 Å². The number of phenolic OH excluding ortho intramolecular Hbond substituents is 1. The molecular weight excluding hydrogens is 494 g/mol. The topological polar surface area (TPSA) is 81.4 Å². The zero-order valence-electron chi connectivity index (χ0n) is 23.2. The Hall–Kier alpha value is -3.89. The Morgan fingerprint density at radius 1 is 1.13 bits per heavy atom. The Morgan fingerprint density at radius 2 is 1.87 bits per heavy atom. The highest BCUT2D eigenvalue weighted by Crippen LogP contribution is 2.40. The van der Waals surface area contributed by atoms with Gasteiger partial charge in [0.1, 0.15) is 34.7 Å². The summed E-state index contributed by atoms with van der Waals surface area (Å²) in [7, 11) is 0. The maximum atomic E-state index is 13.5. The highest BCUT2D eigenvalue weighted by atomic mass is 16.5. The summed E-state index contributed by atoms with van der Waals surface area (Å²) in [6.07, 6.45) is 15.0. The van der Waals surface area contributed by atoms with Crippen LogP contribution in [0.15, 0.2) is 58.3 Å². The van der Waals surface area contributed by atoms with Crippen molar-refractivity contribution in [1.82, 2.24) is 4.90 Å². The van der Waals surface area contributed by atoms with Gasteiger partial charge in [0, 0.05) is 18.7 Å². The minimum absolute atomic E-state index is 0.0424. The van der Waals surface area contributed by atoms with E-state index in [0.717, 1.165) is 19.6 Å². The molecule has 39 heavy (non-hydrogen) atoms. The number of ether oxygens (including phenoxy) is 3. The average molecular weight is 532 g/mol. The molecule has 2 aromatic carbocycles. The van der Waals surface area contributed by atoms with Gasteiger partial charge in [0.2, 0.25) is 11.2 Å². The first-order valence-corrected chi connectivity index (χ1v) is 13.3. The van der Waals surface area contributed by atoms with Crippen molar-refractivity contribution >= 4 is 21.9 Å². The number of likely N-dealkylation sites (tertiary alicyclic amines) is 1. The van der Waals surface area contributed by atoms with E-state index in [1.54, 1.807) is 38.1 Å². The van der Waals surface area contributed by atoms with E-state index in [9.17, 15) is 9.90 Å². The lowest BCUT2D eigenvalue weighted by molar-refractivity contribution is 0.154. The van der Waals surface area contributed by atoms with E-state index in [2.05, 4.69) is 23.5 Å². The van der Waals surface area contributed by atoms with Gasteiger partial charge in [-0.1, -0.05) is 31.1 Å². The van der Waals surface area contributed by atoms with Crippen LogP contribution in [0.5, 0.6) is 23.0 Å². The SMILES string of the molecule is C#CC(C)(C)Oc1cc(O)c2c(=O)c3ccc(OC(C)(C)C=C)c(OC/C=C/CN4CCCCC4)c3oc2c1. The maximum Gasteiger partial charge on any atom is 0.205 e. The third kappa shape index (κ3) is 6.58. The summed E-state index contributed by atoms with van der Waals surface area (Å²) < 4.78 is 24.4. The number of benzene rings is 2. The molecule has 7 heteroatoms. The molecule has 0 amide bonds. The molecule has 0 bridgehead atoms. The van der Waals surface area contributed by atoms with E-state index in [1.807, 2.05) is 19.9 Å². The van der Waals surface area contributed by atoms with E-state index in [4.69, 9.17) is 25.1 Å². The van der Waals surface area contributed by atoms with Crippen LogP contribution < -0.4 is 19.6 Å². The van der Waals surface area contributed by atoms with E-state index >= 15 is 0 Å². The minimum Gasteiger partial charge on any atom is -0.507 e. The fourth-order valence-electron chi connectivity index (χ4n) is 4.44. The van der Waals surface area contributed by atoms with Crippen molar-refractivity contribution in [3.8, 4) is 35.3 Å². The maximum absolute atomic E-state index is 13.5. The Balaban J connectivity index is 1.76. The van der Waals surface area contributed by atoms with Gasteiger partial charge < -0.3 is 23.7 Å². The molecule has 2 heterocycles. The third-order valence-electron chi connectivity index (χ3n) is 6.70. The van der Waals surface area contributed by atoms with Gasteiger partial charge in [-0.05, 0) is 71.8 Å². The van der Waals surface area contributed by atoms with Crippen LogP contribution in [0.4, 0.5) is 0 Å². The molecule has 1 aliphatic rings. The molecule has 0 spiro atoms. The van der Waals surface area contributed by atoms with Gasteiger partial charge in [-0.3, -0.25) is 9.69 Å². The van der Waals surface area contributed by atoms with Gasteiger partial charge in [-0.25, -0.2) is 0 Å². The standard InChI is InChI=1S/C32H37NO6/c1-7-31(3,4)38-22-20-24(34)27-26(21-22)37-29-23(28(27)35)14-15-25(39-32(5,6)8-2)30(29)36-19-13-12-18-33-16-10-9-11-17-33/h1,8,12-15,20-21,34H,2,9-11,16-19H2,3-6H3/b13-12+. The number of piperidine rings is 1. The molecule has 0 saturated carbocycles. The predicted octanol–water partition coefficient (Wildman–Crippen LogP) is 6.21. The van der Waals surface area contributed by atoms with Crippen molar-refractivity contribution in [3.05, 3.63) is 59.3 Å². The highest BCUT2D eigenvalue weighted by Gasteiger charge is 2.24. The first kappa shape index (κ1) is 28.1. The fraction of sp³-hybridized carbons (Fsp3) is 0.406. The predicted molar refractivity (Wildman–Crippen MR) is 155 cm³/mol. The molecule has 7 nitrogen and oxygen atoms in total. The van der Waals surface area contributed by atoms with E-state index < -0.39 is 16.6 Å². The van der Waals surface area contributed by atoms with Gasteiger partial charge in [-0.2, -0.15) is 0 Å². The molecule has 3 aromatic rings. The van der Waals surface area contributed by atoms with E-state index in [-0.39, 0.29) is 40.0 Å². The van der Waals surface area contributed by atoms with Crippen molar-refractivity contribution in [1.29, 1.82) is 0 Å². The molecule has 0 aliphatic carbocycles. The van der Waals surface area contributed by atoms with E-state index in [0.29, 0.717) is 11.5 Å². The molecule has 1 fully saturated rings. The fourth-order valence-corrected chi connectivity index (χ4v) is 4.44. The molecule has 1 N–H and O–H groups in total. The number of hydrogen-bond acceptors (Lipinski definition) is 7. The van der Waals surface area contributed by atoms with Crippen LogP contribution in [0.25, 0.3) is 21.9 Å². The minimum atomic E-state index is -0.927. The Kier molecular flexibility index (Phi) is 8.27. The van der Waals surface area contributed by atoms with Crippen molar-refractivity contribution < 1.29 is 23.7 Å². The number of terminal acetylenes is 1. The second-order valence-corrected chi connectivity index (χ2v) is 10.8. The Morgan fingerprint density at radius 3 is 2.56 bits per heavy atom. The number of aromatic hydroxyl groups is 1.